The molecule has 6 nitrogen and oxygen atoms in total. The number of hydrogen-bond acceptors (Lipinski definition) is 5. The second-order valence-corrected chi connectivity index (χ2v) is 6.44. The zero-order valence-corrected chi connectivity index (χ0v) is 14.9. The molecule has 0 saturated carbocycles. The van der Waals surface area contributed by atoms with Crippen molar-refractivity contribution in [2.75, 3.05) is 24.6 Å². The molecule has 0 amide bonds. The van der Waals surface area contributed by atoms with E-state index in [-0.39, 0.29) is 30.2 Å². The summed E-state index contributed by atoms with van der Waals surface area (Å²) < 4.78 is 43.8. The van der Waals surface area contributed by atoms with Crippen molar-refractivity contribution in [1.29, 1.82) is 0 Å². The summed E-state index contributed by atoms with van der Waals surface area (Å²) in [5, 5.41) is 11.5. The van der Waals surface area contributed by atoms with Gasteiger partial charge in [0.2, 0.25) is 0 Å². The summed E-state index contributed by atoms with van der Waals surface area (Å²) in [4.78, 5) is 24.2. The molecule has 2 aromatic carbocycles. The fourth-order valence-electron chi connectivity index (χ4n) is 3.11. The van der Waals surface area contributed by atoms with Crippen molar-refractivity contribution >= 4 is 17.2 Å². The highest BCUT2D eigenvalue weighted by Crippen LogP contribution is 2.34. The van der Waals surface area contributed by atoms with Gasteiger partial charge in [0.1, 0.15) is 11.8 Å². The molecule has 1 unspecified atom stereocenters. The van der Waals surface area contributed by atoms with Crippen LogP contribution >= 0.6 is 0 Å². The SMILES string of the molecule is CC(=O)c1ccc(N2CCOC(c3ccc(C(F)(F)F)cc3)C2)c([N+](=O)[O-])c1. The number of carbonyl (C=O) groups is 1. The normalized spacial score (nSPS) is 17.4. The number of ketones is 1. The number of carbonyl (C=O) groups excluding carboxylic acids is 1. The average Bonchev–Trinajstić information content (AvgIpc) is 2.67. The van der Waals surface area contributed by atoms with Crippen molar-refractivity contribution in [3.8, 4) is 0 Å². The van der Waals surface area contributed by atoms with Gasteiger partial charge in [-0.05, 0) is 36.8 Å². The first-order valence-corrected chi connectivity index (χ1v) is 8.50. The number of alkyl halides is 3. The molecule has 0 bridgehead atoms. The first kappa shape index (κ1) is 19.8. The van der Waals surface area contributed by atoms with Gasteiger partial charge in [0, 0.05) is 24.7 Å². The summed E-state index contributed by atoms with van der Waals surface area (Å²) in [5.41, 5.74) is 0.194. The number of ether oxygens (including phenoxy) is 1. The number of hydrogen-bond donors (Lipinski definition) is 0. The van der Waals surface area contributed by atoms with Gasteiger partial charge >= 0.3 is 6.18 Å². The Bertz CT molecular complexity index is 897. The lowest BCUT2D eigenvalue weighted by Crippen LogP contribution is -2.38. The summed E-state index contributed by atoms with van der Waals surface area (Å²) in [5.74, 6) is -0.278. The van der Waals surface area contributed by atoms with Crippen molar-refractivity contribution in [2.45, 2.75) is 19.2 Å². The first-order chi connectivity index (χ1) is 13.2. The van der Waals surface area contributed by atoms with Gasteiger partial charge in [-0.15, -0.1) is 0 Å². The molecule has 2 aromatic rings. The van der Waals surface area contributed by atoms with E-state index in [2.05, 4.69) is 0 Å². The number of rotatable bonds is 4. The summed E-state index contributed by atoms with van der Waals surface area (Å²) in [7, 11) is 0. The van der Waals surface area contributed by atoms with E-state index in [1.807, 2.05) is 0 Å². The highest BCUT2D eigenvalue weighted by molar-refractivity contribution is 5.95. The second kappa shape index (κ2) is 7.59. The van der Waals surface area contributed by atoms with Crippen LogP contribution in [-0.2, 0) is 10.9 Å². The minimum Gasteiger partial charge on any atom is -0.370 e. The number of nitrogens with zero attached hydrogens (tertiary/aromatic N) is 2. The zero-order chi connectivity index (χ0) is 20.5. The van der Waals surface area contributed by atoms with Crippen molar-refractivity contribution in [1.82, 2.24) is 0 Å². The molecule has 148 valence electrons. The quantitative estimate of drug-likeness (QED) is 0.437. The molecule has 1 heterocycles. The highest BCUT2D eigenvalue weighted by atomic mass is 19.4. The number of benzene rings is 2. The Kier molecular flexibility index (Phi) is 5.37. The lowest BCUT2D eigenvalue weighted by molar-refractivity contribution is -0.384. The number of morpholine rings is 1. The molecular weight excluding hydrogens is 377 g/mol. The van der Waals surface area contributed by atoms with Crippen LogP contribution in [0.3, 0.4) is 0 Å². The van der Waals surface area contributed by atoms with E-state index in [9.17, 15) is 28.1 Å². The fourth-order valence-corrected chi connectivity index (χ4v) is 3.11. The Labute approximate surface area is 158 Å². The number of nitro benzene ring substituents is 1. The van der Waals surface area contributed by atoms with Gasteiger partial charge in [-0.1, -0.05) is 12.1 Å². The molecule has 3 rings (SSSR count). The molecule has 1 aliphatic heterocycles. The second-order valence-electron chi connectivity index (χ2n) is 6.44. The molecule has 1 fully saturated rings. The Morgan fingerprint density at radius 2 is 1.89 bits per heavy atom. The summed E-state index contributed by atoms with van der Waals surface area (Å²) in [6, 6.07) is 8.95. The molecule has 0 spiro atoms. The van der Waals surface area contributed by atoms with E-state index in [1.165, 1.54) is 37.3 Å². The lowest BCUT2D eigenvalue weighted by Gasteiger charge is -2.34. The third kappa shape index (κ3) is 4.14. The van der Waals surface area contributed by atoms with E-state index < -0.39 is 22.8 Å². The van der Waals surface area contributed by atoms with E-state index in [0.29, 0.717) is 17.8 Å². The van der Waals surface area contributed by atoms with E-state index in [1.54, 1.807) is 4.90 Å². The van der Waals surface area contributed by atoms with Gasteiger partial charge in [0.25, 0.3) is 5.69 Å². The molecule has 0 radical (unpaired) electrons. The van der Waals surface area contributed by atoms with E-state index in [4.69, 9.17) is 4.74 Å². The lowest BCUT2D eigenvalue weighted by atomic mass is 10.0. The molecule has 0 N–H and O–H groups in total. The maximum absolute atomic E-state index is 12.7. The number of halogens is 3. The van der Waals surface area contributed by atoms with Crippen LogP contribution in [0.25, 0.3) is 0 Å². The predicted molar refractivity (Wildman–Crippen MR) is 95.5 cm³/mol. The minimum atomic E-state index is -4.42. The van der Waals surface area contributed by atoms with Crippen LogP contribution in [0.15, 0.2) is 42.5 Å². The standard InChI is InChI=1S/C19H17F3N2O4/c1-12(25)14-4-7-16(17(10-14)24(26)27)23-8-9-28-18(11-23)13-2-5-15(6-3-13)19(20,21)22/h2-7,10,18H,8-9,11H2,1H3. The van der Waals surface area contributed by atoms with Gasteiger partial charge in [-0.2, -0.15) is 13.2 Å². The molecule has 0 aromatic heterocycles. The molecule has 0 aliphatic carbocycles. The third-order valence-corrected chi connectivity index (χ3v) is 4.60. The van der Waals surface area contributed by atoms with Gasteiger partial charge in [-0.25, -0.2) is 0 Å². The monoisotopic (exact) mass is 394 g/mol. The van der Waals surface area contributed by atoms with Gasteiger partial charge in [-0.3, -0.25) is 14.9 Å². The van der Waals surface area contributed by atoms with Crippen LogP contribution in [0.5, 0.6) is 0 Å². The van der Waals surface area contributed by atoms with Gasteiger partial charge in [0.15, 0.2) is 5.78 Å². The van der Waals surface area contributed by atoms with E-state index >= 15 is 0 Å². The summed E-state index contributed by atoms with van der Waals surface area (Å²) >= 11 is 0. The molecule has 28 heavy (non-hydrogen) atoms. The summed E-state index contributed by atoms with van der Waals surface area (Å²) in [6.45, 7) is 2.22. The maximum atomic E-state index is 12.7. The molecule has 1 saturated heterocycles. The highest BCUT2D eigenvalue weighted by Gasteiger charge is 2.31. The van der Waals surface area contributed by atoms with Gasteiger partial charge in [0.05, 0.1) is 17.1 Å². The molecular formula is C19H17F3N2O4. The Morgan fingerprint density at radius 1 is 1.21 bits per heavy atom. The van der Waals surface area contributed by atoms with Crippen LogP contribution < -0.4 is 4.90 Å². The van der Waals surface area contributed by atoms with Crippen LogP contribution in [0.2, 0.25) is 0 Å². The largest absolute Gasteiger partial charge is 0.416 e. The maximum Gasteiger partial charge on any atom is 0.416 e. The number of nitro groups is 1. The van der Waals surface area contributed by atoms with Crippen LogP contribution in [0.4, 0.5) is 24.5 Å². The van der Waals surface area contributed by atoms with Crippen molar-refractivity contribution < 1.29 is 27.6 Å². The van der Waals surface area contributed by atoms with E-state index in [0.717, 1.165) is 12.1 Å². The zero-order valence-electron chi connectivity index (χ0n) is 14.9. The molecule has 1 atom stereocenters. The number of anilines is 1. The topological polar surface area (TPSA) is 72.7 Å². The third-order valence-electron chi connectivity index (χ3n) is 4.60. The van der Waals surface area contributed by atoms with Crippen LogP contribution in [0.1, 0.15) is 34.5 Å². The predicted octanol–water partition coefficient (Wildman–Crippen LogP) is 4.39. The van der Waals surface area contributed by atoms with Gasteiger partial charge < -0.3 is 9.64 Å². The summed E-state index contributed by atoms with van der Waals surface area (Å²) in [6.07, 6.45) is -4.94. The number of Topliss-reactive ketones (excluding diaryl/α,β-unsaturated/α-hetero) is 1. The first-order valence-electron chi connectivity index (χ1n) is 8.50. The molecule has 1 aliphatic rings. The molecule has 9 heteroatoms. The van der Waals surface area contributed by atoms with Crippen LogP contribution in [-0.4, -0.2) is 30.4 Å². The fraction of sp³-hybridized carbons (Fsp3) is 0.316. The van der Waals surface area contributed by atoms with Crippen molar-refractivity contribution in [2.24, 2.45) is 0 Å². The Balaban J connectivity index is 1.85. The van der Waals surface area contributed by atoms with Crippen molar-refractivity contribution in [3.63, 3.8) is 0 Å². The smallest absolute Gasteiger partial charge is 0.370 e. The van der Waals surface area contributed by atoms with Crippen LogP contribution in [0, 0.1) is 10.1 Å². The Morgan fingerprint density at radius 3 is 2.46 bits per heavy atom. The average molecular weight is 394 g/mol. The minimum absolute atomic E-state index is 0.194. The van der Waals surface area contributed by atoms with Crippen molar-refractivity contribution in [3.05, 3.63) is 69.3 Å². The Hall–Kier alpha value is -2.94.